The molecule has 88 valence electrons. The zero-order valence-electron chi connectivity index (χ0n) is 10.0. The highest BCUT2D eigenvalue weighted by Crippen LogP contribution is 2.24. The van der Waals surface area contributed by atoms with Gasteiger partial charge in [-0.05, 0) is 32.2 Å². The summed E-state index contributed by atoms with van der Waals surface area (Å²) in [6.07, 6.45) is 4.50. The summed E-state index contributed by atoms with van der Waals surface area (Å²) in [4.78, 5) is 2.35. The number of morpholine rings is 1. The van der Waals surface area contributed by atoms with Gasteiger partial charge in [-0.3, -0.25) is 0 Å². The predicted molar refractivity (Wildman–Crippen MR) is 62.0 cm³/mol. The van der Waals surface area contributed by atoms with Crippen LogP contribution in [0.2, 0.25) is 0 Å². The molecule has 0 aromatic heterocycles. The van der Waals surface area contributed by atoms with Gasteiger partial charge in [0.2, 0.25) is 0 Å². The van der Waals surface area contributed by atoms with E-state index in [0.717, 1.165) is 38.2 Å². The molecule has 0 bridgehead atoms. The van der Waals surface area contributed by atoms with Crippen LogP contribution in [0.15, 0.2) is 0 Å². The van der Waals surface area contributed by atoms with E-state index in [1.54, 1.807) is 0 Å². The molecule has 0 amide bonds. The summed E-state index contributed by atoms with van der Waals surface area (Å²) < 4.78 is 5.73. The first kappa shape index (κ1) is 11.4. The smallest absolute Gasteiger partial charge is 0.0826 e. The first-order valence-corrected chi connectivity index (χ1v) is 6.27. The molecule has 3 nitrogen and oxygen atoms in total. The summed E-state index contributed by atoms with van der Waals surface area (Å²) in [7, 11) is 2.17. The first-order chi connectivity index (χ1) is 7.24. The lowest BCUT2D eigenvalue weighted by Gasteiger charge is -2.31. The maximum atomic E-state index is 5.73. The van der Waals surface area contributed by atoms with Crippen molar-refractivity contribution < 1.29 is 4.74 Å². The molecule has 1 aliphatic heterocycles. The van der Waals surface area contributed by atoms with Gasteiger partial charge >= 0.3 is 0 Å². The molecule has 1 heterocycles. The second-order valence-electron chi connectivity index (χ2n) is 5.28. The highest BCUT2D eigenvalue weighted by Gasteiger charge is 2.23. The molecule has 1 saturated carbocycles. The topological polar surface area (TPSA) is 24.5 Å². The molecule has 0 aromatic carbocycles. The van der Waals surface area contributed by atoms with Gasteiger partial charge in [0.05, 0.1) is 12.7 Å². The van der Waals surface area contributed by atoms with Crippen LogP contribution in [0.3, 0.4) is 0 Å². The minimum Gasteiger partial charge on any atom is -0.374 e. The molecule has 0 aromatic rings. The summed E-state index contributed by atoms with van der Waals surface area (Å²) >= 11 is 0. The zero-order chi connectivity index (χ0) is 10.7. The number of hydrogen-bond donors (Lipinski definition) is 1. The highest BCUT2D eigenvalue weighted by molar-refractivity contribution is 4.80. The van der Waals surface area contributed by atoms with Crippen LogP contribution in [0.5, 0.6) is 0 Å². The van der Waals surface area contributed by atoms with Gasteiger partial charge in [0.1, 0.15) is 0 Å². The van der Waals surface area contributed by atoms with Crippen molar-refractivity contribution in [1.29, 1.82) is 0 Å². The maximum absolute atomic E-state index is 5.73. The van der Waals surface area contributed by atoms with Crippen LogP contribution in [0, 0.1) is 5.92 Å². The molecule has 2 rings (SSSR count). The Hall–Kier alpha value is -0.120. The normalized spacial score (nSPS) is 38.4. The number of ether oxygens (including phenoxy) is 1. The van der Waals surface area contributed by atoms with E-state index in [1.807, 2.05) is 0 Å². The van der Waals surface area contributed by atoms with Gasteiger partial charge in [-0.25, -0.2) is 0 Å². The van der Waals surface area contributed by atoms with Crippen LogP contribution in [-0.4, -0.2) is 50.3 Å². The van der Waals surface area contributed by atoms with Crippen LogP contribution in [0.4, 0.5) is 0 Å². The summed E-state index contributed by atoms with van der Waals surface area (Å²) in [5.74, 6) is 0.914. The number of nitrogens with zero attached hydrogens (tertiary/aromatic N) is 1. The van der Waals surface area contributed by atoms with Gasteiger partial charge in [0, 0.05) is 25.7 Å². The van der Waals surface area contributed by atoms with Gasteiger partial charge in [0.15, 0.2) is 0 Å². The first-order valence-electron chi connectivity index (χ1n) is 6.27. The Labute approximate surface area is 93.2 Å². The SMILES string of the molecule is C[C@@H]1CC[C@@H](NC[C@H]2CN(C)CCO2)C1. The minimum absolute atomic E-state index is 0.402. The molecule has 0 radical (unpaired) electrons. The molecular weight excluding hydrogens is 188 g/mol. The van der Waals surface area contributed by atoms with Crippen molar-refractivity contribution in [1.82, 2.24) is 10.2 Å². The van der Waals surface area contributed by atoms with Crippen molar-refractivity contribution in [3.8, 4) is 0 Å². The lowest BCUT2D eigenvalue weighted by molar-refractivity contribution is -0.0192. The molecule has 3 heteroatoms. The summed E-state index contributed by atoms with van der Waals surface area (Å²) in [5.41, 5.74) is 0. The van der Waals surface area contributed by atoms with E-state index in [4.69, 9.17) is 4.74 Å². The van der Waals surface area contributed by atoms with Gasteiger partial charge in [-0.15, -0.1) is 0 Å². The Kier molecular flexibility index (Phi) is 4.00. The third kappa shape index (κ3) is 3.44. The highest BCUT2D eigenvalue weighted by atomic mass is 16.5. The molecule has 1 N–H and O–H groups in total. The van der Waals surface area contributed by atoms with Crippen LogP contribution in [-0.2, 0) is 4.74 Å². The molecule has 0 unspecified atom stereocenters. The van der Waals surface area contributed by atoms with Crippen molar-refractivity contribution >= 4 is 0 Å². The third-order valence-electron chi connectivity index (χ3n) is 3.67. The maximum Gasteiger partial charge on any atom is 0.0826 e. The molecule has 1 aliphatic carbocycles. The van der Waals surface area contributed by atoms with Gasteiger partial charge in [-0.1, -0.05) is 6.92 Å². The van der Waals surface area contributed by atoms with Crippen molar-refractivity contribution in [2.45, 2.75) is 38.3 Å². The summed E-state index contributed by atoms with van der Waals surface area (Å²) in [6.45, 7) is 6.43. The van der Waals surface area contributed by atoms with E-state index < -0.39 is 0 Å². The molecule has 2 aliphatic rings. The molecule has 3 atom stereocenters. The molecule has 1 saturated heterocycles. The Morgan fingerprint density at radius 1 is 1.40 bits per heavy atom. The van der Waals surface area contributed by atoms with Crippen LogP contribution >= 0.6 is 0 Å². The predicted octanol–water partition coefficient (Wildman–Crippen LogP) is 1.10. The van der Waals surface area contributed by atoms with E-state index in [-0.39, 0.29) is 0 Å². The second-order valence-corrected chi connectivity index (χ2v) is 5.28. The van der Waals surface area contributed by atoms with Crippen molar-refractivity contribution in [3.05, 3.63) is 0 Å². The van der Waals surface area contributed by atoms with Crippen molar-refractivity contribution in [3.63, 3.8) is 0 Å². The fourth-order valence-corrected chi connectivity index (χ4v) is 2.68. The Bertz CT molecular complexity index is 198. The molecule has 2 fully saturated rings. The van der Waals surface area contributed by atoms with E-state index in [2.05, 4.69) is 24.2 Å². The monoisotopic (exact) mass is 212 g/mol. The Balaban J connectivity index is 1.64. The van der Waals surface area contributed by atoms with Gasteiger partial charge in [0.25, 0.3) is 0 Å². The second kappa shape index (κ2) is 5.28. The van der Waals surface area contributed by atoms with E-state index >= 15 is 0 Å². The van der Waals surface area contributed by atoms with Gasteiger partial charge in [-0.2, -0.15) is 0 Å². The average Bonchev–Trinajstić information content (AvgIpc) is 2.62. The number of rotatable bonds is 3. The summed E-state index contributed by atoms with van der Waals surface area (Å²) in [6, 6.07) is 0.746. The summed E-state index contributed by atoms with van der Waals surface area (Å²) in [5, 5.41) is 3.65. The standard InChI is InChI=1S/C12H24N2O/c1-10-3-4-11(7-10)13-8-12-9-14(2)5-6-15-12/h10-13H,3-9H2,1-2H3/t10-,11-,12+/m1/s1. The van der Waals surface area contributed by atoms with Crippen LogP contribution in [0.25, 0.3) is 0 Å². The number of hydrogen-bond acceptors (Lipinski definition) is 3. The van der Waals surface area contributed by atoms with Crippen LogP contribution in [0.1, 0.15) is 26.2 Å². The molecular formula is C12H24N2O. The number of likely N-dealkylation sites (N-methyl/N-ethyl adjacent to an activating group) is 1. The fourth-order valence-electron chi connectivity index (χ4n) is 2.68. The minimum atomic E-state index is 0.402. The lowest BCUT2D eigenvalue weighted by atomic mass is 10.1. The zero-order valence-corrected chi connectivity index (χ0v) is 10.0. The van der Waals surface area contributed by atoms with E-state index in [9.17, 15) is 0 Å². The van der Waals surface area contributed by atoms with Gasteiger partial charge < -0.3 is 15.0 Å². The molecule has 15 heavy (non-hydrogen) atoms. The fraction of sp³-hybridized carbons (Fsp3) is 1.00. The van der Waals surface area contributed by atoms with Crippen molar-refractivity contribution in [2.24, 2.45) is 5.92 Å². The van der Waals surface area contributed by atoms with Crippen LogP contribution < -0.4 is 5.32 Å². The van der Waals surface area contributed by atoms with E-state index in [1.165, 1.54) is 19.3 Å². The third-order valence-corrected chi connectivity index (χ3v) is 3.67. The Morgan fingerprint density at radius 2 is 2.27 bits per heavy atom. The molecule has 0 spiro atoms. The average molecular weight is 212 g/mol. The van der Waals surface area contributed by atoms with Crippen molar-refractivity contribution in [2.75, 3.05) is 33.3 Å². The lowest BCUT2D eigenvalue weighted by Crippen LogP contribution is -2.46. The number of nitrogens with one attached hydrogen (secondary N) is 1. The Morgan fingerprint density at radius 3 is 2.93 bits per heavy atom. The largest absolute Gasteiger partial charge is 0.374 e. The quantitative estimate of drug-likeness (QED) is 0.758. The van der Waals surface area contributed by atoms with E-state index in [0.29, 0.717) is 6.10 Å².